The van der Waals surface area contributed by atoms with E-state index in [0.717, 1.165) is 45.2 Å². The predicted octanol–water partition coefficient (Wildman–Crippen LogP) is 0.843. The van der Waals surface area contributed by atoms with E-state index in [9.17, 15) is 14.4 Å². The fourth-order valence-electron chi connectivity index (χ4n) is 4.06. The van der Waals surface area contributed by atoms with Crippen LogP contribution in [0.4, 0.5) is 4.79 Å². The number of amides is 4. The number of carbonyl (C=O) groups excluding carboxylic acids is 3. The summed E-state index contributed by atoms with van der Waals surface area (Å²) in [5, 5.41) is 6.75. The summed E-state index contributed by atoms with van der Waals surface area (Å²) in [6, 6.07) is -0.290. The Morgan fingerprint density at radius 2 is 1.89 bits per heavy atom. The number of carbonyl (C=O) groups is 3. The maximum Gasteiger partial charge on any atom is 0.327 e. The third-order valence-electron chi connectivity index (χ3n) is 5.72. The molecule has 0 aliphatic carbocycles. The summed E-state index contributed by atoms with van der Waals surface area (Å²) in [4.78, 5) is 42.4. The first-order valence-corrected chi connectivity index (χ1v) is 10.9. The molecule has 3 fully saturated rings. The summed E-state index contributed by atoms with van der Waals surface area (Å²) in [6.07, 6.45) is 4.88. The van der Waals surface area contributed by atoms with Crippen molar-refractivity contribution in [2.24, 2.45) is 5.92 Å². The summed E-state index contributed by atoms with van der Waals surface area (Å²) < 4.78 is 0. The SMILES string of the molecule is CCCCC1NC(SCC(=O)N2CCCC2)C2C(=O)N(C)C(=O)N(C)C2N1. The molecule has 3 rings (SSSR count). The maximum atomic E-state index is 12.8. The molecular formula is C18H31N5O3S. The normalized spacial score (nSPS) is 31.4. The number of unbranched alkanes of at least 4 members (excludes halogenated alkanes) is 1. The molecule has 3 heterocycles. The number of imide groups is 1. The Bertz CT molecular complexity index is 583. The van der Waals surface area contributed by atoms with Crippen LogP contribution in [-0.2, 0) is 9.59 Å². The fourth-order valence-corrected chi connectivity index (χ4v) is 5.30. The van der Waals surface area contributed by atoms with E-state index in [1.165, 1.54) is 23.7 Å². The topological polar surface area (TPSA) is 85.0 Å². The van der Waals surface area contributed by atoms with E-state index in [-0.39, 0.29) is 35.6 Å². The Morgan fingerprint density at radius 1 is 1.19 bits per heavy atom. The minimum Gasteiger partial charge on any atom is -0.342 e. The number of rotatable bonds is 6. The zero-order valence-electron chi connectivity index (χ0n) is 16.4. The quantitative estimate of drug-likeness (QED) is 0.691. The summed E-state index contributed by atoms with van der Waals surface area (Å²) in [5.74, 6) is -0.105. The second-order valence-electron chi connectivity index (χ2n) is 7.61. The zero-order valence-corrected chi connectivity index (χ0v) is 17.3. The lowest BCUT2D eigenvalue weighted by Gasteiger charge is -2.50. The average molecular weight is 398 g/mol. The lowest BCUT2D eigenvalue weighted by Crippen LogP contribution is -2.74. The van der Waals surface area contributed by atoms with Crippen molar-refractivity contribution >= 4 is 29.6 Å². The molecule has 3 saturated heterocycles. The van der Waals surface area contributed by atoms with Crippen molar-refractivity contribution in [1.29, 1.82) is 0 Å². The van der Waals surface area contributed by atoms with E-state index >= 15 is 0 Å². The molecule has 3 aliphatic heterocycles. The van der Waals surface area contributed by atoms with Crippen molar-refractivity contribution in [1.82, 2.24) is 25.3 Å². The van der Waals surface area contributed by atoms with Gasteiger partial charge in [0, 0.05) is 27.2 Å². The van der Waals surface area contributed by atoms with E-state index in [1.807, 2.05) is 4.90 Å². The van der Waals surface area contributed by atoms with Gasteiger partial charge in [0.15, 0.2) is 0 Å². The largest absolute Gasteiger partial charge is 0.342 e. The lowest BCUT2D eigenvalue weighted by atomic mass is 9.96. The average Bonchev–Trinajstić information content (AvgIpc) is 3.21. The van der Waals surface area contributed by atoms with Gasteiger partial charge in [0.05, 0.1) is 29.4 Å². The highest BCUT2D eigenvalue weighted by atomic mass is 32.2. The third kappa shape index (κ3) is 4.25. The molecule has 4 amide bonds. The molecule has 0 saturated carbocycles. The highest BCUT2D eigenvalue weighted by molar-refractivity contribution is 8.00. The summed E-state index contributed by atoms with van der Waals surface area (Å²) >= 11 is 1.50. The molecule has 0 radical (unpaired) electrons. The van der Waals surface area contributed by atoms with Gasteiger partial charge in [-0.15, -0.1) is 11.8 Å². The van der Waals surface area contributed by atoms with E-state index in [2.05, 4.69) is 17.6 Å². The van der Waals surface area contributed by atoms with Crippen LogP contribution in [0.1, 0.15) is 39.0 Å². The second kappa shape index (κ2) is 8.79. The maximum absolute atomic E-state index is 12.8. The molecular weight excluding hydrogens is 366 g/mol. The number of nitrogens with one attached hydrogen (secondary N) is 2. The van der Waals surface area contributed by atoms with Crippen molar-refractivity contribution in [3.8, 4) is 0 Å². The monoisotopic (exact) mass is 397 g/mol. The number of hydrogen-bond acceptors (Lipinski definition) is 6. The number of hydrogen-bond donors (Lipinski definition) is 2. The molecule has 0 aromatic heterocycles. The van der Waals surface area contributed by atoms with Crippen LogP contribution in [0.3, 0.4) is 0 Å². The van der Waals surface area contributed by atoms with E-state index in [1.54, 1.807) is 11.9 Å². The summed E-state index contributed by atoms with van der Waals surface area (Å²) in [5.41, 5.74) is 0. The highest BCUT2D eigenvalue weighted by Gasteiger charge is 2.50. The minimum atomic E-state index is -0.410. The number of urea groups is 1. The first-order chi connectivity index (χ1) is 12.9. The number of fused-ring (bicyclic) bond motifs is 1. The van der Waals surface area contributed by atoms with Gasteiger partial charge in [-0.3, -0.25) is 25.1 Å². The van der Waals surface area contributed by atoms with Crippen LogP contribution in [-0.4, -0.2) is 83.2 Å². The third-order valence-corrected chi connectivity index (χ3v) is 6.92. The van der Waals surface area contributed by atoms with Crippen molar-refractivity contribution < 1.29 is 14.4 Å². The van der Waals surface area contributed by atoms with Crippen molar-refractivity contribution in [2.45, 2.75) is 56.7 Å². The Hall–Kier alpha value is -1.32. The van der Waals surface area contributed by atoms with Gasteiger partial charge in [-0.05, 0) is 19.3 Å². The van der Waals surface area contributed by atoms with Crippen molar-refractivity contribution in [3.05, 3.63) is 0 Å². The van der Waals surface area contributed by atoms with Crippen LogP contribution in [0.2, 0.25) is 0 Å². The van der Waals surface area contributed by atoms with Crippen LogP contribution in [0, 0.1) is 5.92 Å². The number of thioether (sulfide) groups is 1. The minimum absolute atomic E-state index is 0.0250. The number of likely N-dealkylation sites (tertiary alicyclic amines) is 1. The van der Waals surface area contributed by atoms with Gasteiger partial charge in [0.25, 0.3) is 0 Å². The summed E-state index contributed by atoms with van der Waals surface area (Å²) in [7, 11) is 3.26. The predicted molar refractivity (Wildman–Crippen MR) is 105 cm³/mol. The highest BCUT2D eigenvalue weighted by Crippen LogP contribution is 2.32. The van der Waals surface area contributed by atoms with Crippen LogP contribution in [0.25, 0.3) is 0 Å². The van der Waals surface area contributed by atoms with Gasteiger partial charge in [0.1, 0.15) is 0 Å². The first kappa shape index (κ1) is 20.4. The molecule has 0 aromatic rings. The molecule has 0 spiro atoms. The number of nitrogens with zero attached hydrogens (tertiary/aromatic N) is 3. The van der Waals surface area contributed by atoms with Gasteiger partial charge in [0.2, 0.25) is 11.8 Å². The molecule has 4 unspecified atom stereocenters. The summed E-state index contributed by atoms with van der Waals surface area (Å²) in [6.45, 7) is 3.81. The smallest absolute Gasteiger partial charge is 0.327 e. The van der Waals surface area contributed by atoms with Crippen molar-refractivity contribution in [2.75, 3.05) is 32.9 Å². The standard InChI is InChI=1S/C18H31N5O3S/c1-4-5-8-12-19-15-14(17(25)22(3)18(26)21(15)2)16(20-12)27-11-13(24)23-9-6-7-10-23/h12,14-16,19-20H,4-11H2,1-3H3. The molecule has 152 valence electrons. The van der Waals surface area contributed by atoms with Crippen LogP contribution in [0.5, 0.6) is 0 Å². The van der Waals surface area contributed by atoms with Crippen molar-refractivity contribution in [3.63, 3.8) is 0 Å². The Morgan fingerprint density at radius 3 is 2.56 bits per heavy atom. The van der Waals surface area contributed by atoms with Crippen LogP contribution < -0.4 is 10.6 Å². The molecule has 8 nitrogen and oxygen atoms in total. The fraction of sp³-hybridized carbons (Fsp3) is 0.833. The van der Waals surface area contributed by atoms with Gasteiger partial charge in [-0.25, -0.2) is 4.79 Å². The molecule has 0 aromatic carbocycles. The van der Waals surface area contributed by atoms with Gasteiger partial charge < -0.3 is 9.80 Å². The van der Waals surface area contributed by atoms with E-state index < -0.39 is 5.92 Å². The lowest BCUT2D eigenvalue weighted by molar-refractivity contribution is -0.140. The molecule has 2 N–H and O–H groups in total. The van der Waals surface area contributed by atoms with E-state index in [0.29, 0.717) is 5.75 Å². The second-order valence-corrected chi connectivity index (χ2v) is 8.74. The molecule has 4 atom stereocenters. The first-order valence-electron chi connectivity index (χ1n) is 9.90. The Balaban J connectivity index is 1.72. The van der Waals surface area contributed by atoms with Gasteiger partial charge in [-0.1, -0.05) is 19.8 Å². The molecule has 3 aliphatic rings. The molecule has 9 heteroatoms. The van der Waals surface area contributed by atoms with Crippen LogP contribution in [0.15, 0.2) is 0 Å². The van der Waals surface area contributed by atoms with Gasteiger partial charge in [-0.2, -0.15) is 0 Å². The molecule has 0 bridgehead atoms. The van der Waals surface area contributed by atoms with Gasteiger partial charge >= 0.3 is 6.03 Å². The zero-order chi connectivity index (χ0) is 19.6. The van der Waals surface area contributed by atoms with E-state index in [4.69, 9.17) is 0 Å². The van der Waals surface area contributed by atoms with Crippen LogP contribution >= 0.6 is 11.8 Å². The Kier molecular flexibility index (Phi) is 6.65. The Labute approximate surface area is 165 Å². The molecule has 27 heavy (non-hydrogen) atoms.